The molecule has 1 aromatic heterocycles. The first-order chi connectivity index (χ1) is 16.2. The van der Waals surface area contributed by atoms with E-state index in [9.17, 15) is 0 Å². The highest BCUT2D eigenvalue weighted by Gasteiger charge is 2.17. The van der Waals surface area contributed by atoms with Crippen molar-refractivity contribution in [1.82, 2.24) is 9.80 Å². The lowest BCUT2D eigenvalue weighted by Crippen LogP contribution is -2.39. The molecule has 1 N–H and O–H groups in total. The number of thiocarbonyl (C=S) groups is 1. The molecule has 0 bridgehead atoms. The van der Waals surface area contributed by atoms with Gasteiger partial charge in [0.25, 0.3) is 0 Å². The molecular formula is C27H33N3O2S. The Labute approximate surface area is 202 Å². The van der Waals surface area contributed by atoms with Gasteiger partial charge in [-0.2, -0.15) is 0 Å². The number of benzene rings is 2. The summed E-state index contributed by atoms with van der Waals surface area (Å²) >= 11 is 5.79. The Bertz CT molecular complexity index is 976. The zero-order chi connectivity index (χ0) is 22.9. The Hall–Kier alpha value is -2.83. The summed E-state index contributed by atoms with van der Waals surface area (Å²) in [6, 6.07) is 21.6. The largest absolute Gasteiger partial charge is 0.467 e. The van der Waals surface area contributed by atoms with Crippen molar-refractivity contribution in [3.8, 4) is 11.5 Å². The molecule has 1 saturated heterocycles. The summed E-state index contributed by atoms with van der Waals surface area (Å²) in [4.78, 5) is 4.77. The van der Waals surface area contributed by atoms with Gasteiger partial charge in [0.1, 0.15) is 17.3 Å². The molecule has 2 aromatic carbocycles. The summed E-state index contributed by atoms with van der Waals surface area (Å²) < 4.78 is 11.5. The Kier molecular flexibility index (Phi) is 8.39. The van der Waals surface area contributed by atoms with Crippen molar-refractivity contribution < 1.29 is 9.15 Å². The number of likely N-dealkylation sites (tertiary alicyclic amines) is 1. The van der Waals surface area contributed by atoms with Crippen LogP contribution in [-0.4, -0.2) is 41.1 Å². The second-order valence-electron chi connectivity index (χ2n) is 8.77. The van der Waals surface area contributed by atoms with Crippen molar-refractivity contribution >= 4 is 23.0 Å². The lowest BCUT2D eigenvalue weighted by Gasteiger charge is -2.32. The molecule has 1 aliphatic heterocycles. The van der Waals surface area contributed by atoms with Gasteiger partial charge in [0, 0.05) is 18.8 Å². The van der Waals surface area contributed by atoms with Crippen LogP contribution in [0.15, 0.2) is 77.4 Å². The quantitative estimate of drug-likeness (QED) is 0.371. The zero-order valence-corrected chi connectivity index (χ0v) is 20.1. The normalized spacial score (nSPS) is 16.3. The summed E-state index contributed by atoms with van der Waals surface area (Å²) in [6.07, 6.45) is 5.44. The molecule has 2 heterocycles. The molecule has 0 spiro atoms. The third-order valence-corrected chi connectivity index (χ3v) is 6.30. The highest BCUT2D eigenvalue weighted by molar-refractivity contribution is 7.80. The first-order valence-electron chi connectivity index (χ1n) is 11.8. The molecule has 5 nitrogen and oxygen atoms in total. The predicted molar refractivity (Wildman–Crippen MR) is 138 cm³/mol. The third-order valence-electron chi connectivity index (χ3n) is 5.94. The molecule has 0 aliphatic carbocycles. The van der Waals surface area contributed by atoms with Gasteiger partial charge in [-0.25, -0.2) is 0 Å². The van der Waals surface area contributed by atoms with Crippen molar-refractivity contribution in [2.24, 2.45) is 5.92 Å². The van der Waals surface area contributed by atoms with Crippen LogP contribution in [0.2, 0.25) is 0 Å². The van der Waals surface area contributed by atoms with Crippen molar-refractivity contribution in [1.29, 1.82) is 0 Å². The van der Waals surface area contributed by atoms with Crippen LogP contribution in [-0.2, 0) is 6.54 Å². The Morgan fingerprint density at radius 2 is 1.88 bits per heavy atom. The van der Waals surface area contributed by atoms with E-state index in [0.29, 0.717) is 11.7 Å². The molecule has 0 unspecified atom stereocenters. The van der Waals surface area contributed by atoms with E-state index in [0.717, 1.165) is 48.4 Å². The lowest BCUT2D eigenvalue weighted by atomic mass is 10.0. The fraction of sp³-hybridized carbons (Fsp3) is 0.370. The molecule has 6 heteroatoms. The first kappa shape index (κ1) is 23.3. The number of para-hydroxylation sites is 1. The SMILES string of the molecule is C[C@H]1CCCN(CCCN(Cc2ccco2)C(=S)Nc2ccc(Oc3ccccc3)cc2)C1. The molecule has 33 heavy (non-hydrogen) atoms. The molecular weight excluding hydrogens is 430 g/mol. The Balaban J connectivity index is 1.33. The molecule has 174 valence electrons. The van der Waals surface area contributed by atoms with Crippen molar-refractivity contribution in [3.05, 3.63) is 78.8 Å². The Morgan fingerprint density at radius 1 is 1.09 bits per heavy atom. The number of piperidine rings is 1. The average molecular weight is 464 g/mol. The van der Waals surface area contributed by atoms with Crippen LogP contribution < -0.4 is 10.1 Å². The van der Waals surface area contributed by atoms with Crippen molar-refractivity contribution in [2.75, 3.05) is 31.5 Å². The van der Waals surface area contributed by atoms with Crippen LogP contribution in [0, 0.1) is 5.92 Å². The summed E-state index contributed by atoms with van der Waals surface area (Å²) in [6.45, 7) is 7.41. The number of hydrogen-bond acceptors (Lipinski definition) is 4. The monoisotopic (exact) mass is 463 g/mol. The summed E-state index contributed by atoms with van der Waals surface area (Å²) in [5.41, 5.74) is 0.940. The average Bonchev–Trinajstić information content (AvgIpc) is 3.34. The second-order valence-corrected chi connectivity index (χ2v) is 9.16. The van der Waals surface area contributed by atoms with E-state index >= 15 is 0 Å². The highest BCUT2D eigenvalue weighted by Crippen LogP contribution is 2.23. The molecule has 3 aromatic rings. The van der Waals surface area contributed by atoms with Gasteiger partial charge >= 0.3 is 0 Å². The van der Waals surface area contributed by atoms with Crippen LogP contribution in [0.5, 0.6) is 11.5 Å². The zero-order valence-electron chi connectivity index (χ0n) is 19.3. The summed E-state index contributed by atoms with van der Waals surface area (Å²) in [5.74, 6) is 3.33. The van der Waals surface area contributed by atoms with E-state index in [1.807, 2.05) is 66.7 Å². The van der Waals surface area contributed by atoms with E-state index < -0.39 is 0 Å². The fourth-order valence-electron chi connectivity index (χ4n) is 4.25. The summed E-state index contributed by atoms with van der Waals surface area (Å²) in [7, 11) is 0. The van der Waals surface area contributed by atoms with Crippen LogP contribution in [0.25, 0.3) is 0 Å². The highest BCUT2D eigenvalue weighted by atomic mass is 32.1. The summed E-state index contributed by atoms with van der Waals surface area (Å²) in [5, 5.41) is 4.09. The van der Waals surface area contributed by atoms with Gasteiger partial charge in [0.15, 0.2) is 5.11 Å². The van der Waals surface area contributed by atoms with Crippen molar-refractivity contribution in [3.63, 3.8) is 0 Å². The lowest BCUT2D eigenvalue weighted by molar-refractivity contribution is 0.177. The van der Waals surface area contributed by atoms with Gasteiger partial charge in [-0.1, -0.05) is 25.1 Å². The number of hydrogen-bond donors (Lipinski definition) is 1. The van der Waals surface area contributed by atoms with Gasteiger partial charge < -0.3 is 24.3 Å². The molecule has 1 fully saturated rings. The van der Waals surface area contributed by atoms with E-state index in [1.54, 1.807) is 6.26 Å². The molecule has 0 amide bonds. The topological polar surface area (TPSA) is 40.9 Å². The molecule has 1 aliphatic rings. The van der Waals surface area contributed by atoms with Gasteiger partial charge in [-0.3, -0.25) is 0 Å². The maximum absolute atomic E-state index is 5.89. The van der Waals surface area contributed by atoms with Crippen LogP contribution in [0.1, 0.15) is 31.9 Å². The number of nitrogens with one attached hydrogen (secondary N) is 1. The molecule has 0 radical (unpaired) electrons. The second kappa shape index (κ2) is 11.9. The van der Waals surface area contributed by atoms with Crippen LogP contribution in [0.4, 0.5) is 5.69 Å². The van der Waals surface area contributed by atoms with Gasteiger partial charge in [-0.05, 0) is 99.0 Å². The van der Waals surface area contributed by atoms with Gasteiger partial charge in [0.2, 0.25) is 0 Å². The van der Waals surface area contributed by atoms with Crippen LogP contribution >= 0.6 is 12.2 Å². The van der Waals surface area contributed by atoms with Gasteiger partial charge in [-0.15, -0.1) is 0 Å². The predicted octanol–water partition coefficient (Wildman–Crippen LogP) is 6.39. The van der Waals surface area contributed by atoms with Crippen molar-refractivity contribution in [2.45, 2.75) is 32.7 Å². The van der Waals surface area contributed by atoms with E-state index in [4.69, 9.17) is 21.4 Å². The smallest absolute Gasteiger partial charge is 0.173 e. The standard InChI is InChI=1S/C27H33N3O2S/c1-22-8-5-16-29(20-22)17-7-18-30(21-26-11-6-19-31-26)27(33)28-23-12-14-25(15-13-23)32-24-9-3-2-4-10-24/h2-4,6,9-15,19,22H,5,7-8,16-18,20-21H2,1H3,(H,28,33)/t22-/m0/s1. The van der Waals surface area contributed by atoms with E-state index in [-0.39, 0.29) is 0 Å². The minimum atomic E-state index is 0.657. The third kappa shape index (κ3) is 7.34. The Morgan fingerprint density at radius 3 is 2.61 bits per heavy atom. The maximum atomic E-state index is 5.89. The molecule has 4 rings (SSSR count). The number of ether oxygens (including phenoxy) is 1. The van der Waals surface area contributed by atoms with E-state index in [1.165, 1.54) is 25.9 Å². The fourth-order valence-corrected chi connectivity index (χ4v) is 4.53. The number of anilines is 1. The molecule has 0 saturated carbocycles. The minimum absolute atomic E-state index is 0.657. The number of furan rings is 1. The minimum Gasteiger partial charge on any atom is -0.467 e. The van der Waals surface area contributed by atoms with E-state index in [2.05, 4.69) is 22.0 Å². The number of rotatable bonds is 9. The van der Waals surface area contributed by atoms with Gasteiger partial charge in [0.05, 0.1) is 12.8 Å². The maximum Gasteiger partial charge on any atom is 0.173 e. The first-order valence-corrected chi connectivity index (χ1v) is 12.2. The van der Waals surface area contributed by atoms with Crippen LogP contribution in [0.3, 0.4) is 0 Å². The number of nitrogens with zero attached hydrogens (tertiary/aromatic N) is 2. The molecule has 1 atom stereocenters.